The number of carbonyl (C=O) groups is 2. The fraction of sp³-hybridized carbons (Fsp3) is 0.429. The minimum absolute atomic E-state index is 0.0495. The Morgan fingerprint density at radius 1 is 1.29 bits per heavy atom. The van der Waals surface area contributed by atoms with E-state index in [1.165, 1.54) is 0 Å². The monoisotopic (exact) mass is 348 g/mol. The summed E-state index contributed by atoms with van der Waals surface area (Å²) in [6.45, 7) is 1.92. The second-order valence-electron chi connectivity index (χ2n) is 5.00. The van der Waals surface area contributed by atoms with Crippen LogP contribution < -0.4 is 10.1 Å². The van der Waals surface area contributed by atoms with Crippen molar-refractivity contribution in [3.63, 3.8) is 0 Å². The first-order valence-electron chi connectivity index (χ1n) is 6.97. The van der Waals surface area contributed by atoms with Gasteiger partial charge in [-0.3, -0.25) is 9.69 Å². The molecule has 0 spiro atoms. The van der Waals surface area contributed by atoms with Gasteiger partial charge in [0.15, 0.2) is 5.75 Å². The number of carbonyl (C=O) groups excluding carboxylic acids is 1. The van der Waals surface area contributed by atoms with E-state index in [-0.39, 0.29) is 17.8 Å². The Hall–Kier alpha value is -2.33. The van der Waals surface area contributed by atoms with E-state index in [1.54, 1.807) is 4.90 Å². The zero-order chi connectivity index (χ0) is 17.7. The summed E-state index contributed by atoms with van der Waals surface area (Å²) in [5, 5.41) is 11.2. The Bertz CT molecular complexity index is 615. The fourth-order valence-corrected chi connectivity index (χ4v) is 2.13. The van der Waals surface area contributed by atoms with E-state index in [9.17, 15) is 22.8 Å². The highest BCUT2D eigenvalue weighted by Gasteiger charge is 2.32. The zero-order valence-electron chi connectivity index (χ0n) is 12.4. The number of nitrogens with one attached hydrogen (secondary N) is 1. The van der Waals surface area contributed by atoms with Crippen molar-refractivity contribution in [3.8, 4) is 5.75 Å². The maximum Gasteiger partial charge on any atom is 0.573 e. The van der Waals surface area contributed by atoms with E-state index < -0.39 is 24.0 Å². The summed E-state index contributed by atoms with van der Waals surface area (Å²) in [6, 6.07) is 2.73. The van der Waals surface area contributed by atoms with E-state index in [0.717, 1.165) is 18.2 Å². The van der Waals surface area contributed by atoms with Crippen LogP contribution in [0.25, 0.3) is 0 Å². The van der Waals surface area contributed by atoms with Crippen molar-refractivity contribution >= 4 is 17.6 Å². The molecule has 0 unspecified atom stereocenters. The number of hydrogen-bond acceptors (Lipinski definition) is 5. The van der Waals surface area contributed by atoms with Crippen molar-refractivity contribution in [2.45, 2.75) is 6.36 Å². The molecular formula is C14H15F3N2O5. The van der Waals surface area contributed by atoms with Crippen LogP contribution in [0.15, 0.2) is 18.2 Å². The fourth-order valence-electron chi connectivity index (χ4n) is 2.13. The van der Waals surface area contributed by atoms with Gasteiger partial charge in [0.25, 0.3) is 0 Å². The molecule has 0 saturated carbocycles. The van der Waals surface area contributed by atoms with Gasteiger partial charge in [0, 0.05) is 13.1 Å². The summed E-state index contributed by atoms with van der Waals surface area (Å²) in [6.07, 6.45) is -4.96. The molecule has 7 nitrogen and oxygen atoms in total. The summed E-state index contributed by atoms with van der Waals surface area (Å²) in [4.78, 5) is 24.7. The van der Waals surface area contributed by atoms with E-state index in [2.05, 4.69) is 10.1 Å². The van der Waals surface area contributed by atoms with Crippen LogP contribution in [0.4, 0.5) is 18.9 Å². The molecule has 0 atom stereocenters. The molecular weight excluding hydrogens is 333 g/mol. The van der Waals surface area contributed by atoms with Crippen molar-refractivity contribution in [3.05, 3.63) is 23.8 Å². The number of anilines is 1. The lowest BCUT2D eigenvalue weighted by molar-refractivity contribution is -0.274. The summed E-state index contributed by atoms with van der Waals surface area (Å²) in [5.74, 6) is -2.59. The van der Waals surface area contributed by atoms with Crippen LogP contribution >= 0.6 is 0 Å². The average Bonchev–Trinajstić information content (AvgIpc) is 2.48. The van der Waals surface area contributed by atoms with E-state index in [4.69, 9.17) is 9.84 Å². The largest absolute Gasteiger partial charge is 0.573 e. The standard InChI is InChI=1S/C14H15F3N2O5/c15-14(16,17)24-11-2-1-9(13(21)22)7-10(11)18-12(20)8-19-3-5-23-6-4-19/h1-2,7H,3-6,8H2,(H,18,20)(H,21,22). The lowest BCUT2D eigenvalue weighted by Gasteiger charge is -2.26. The Labute approximate surface area is 134 Å². The zero-order valence-corrected chi connectivity index (χ0v) is 12.4. The third-order valence-electron chi connectivity index (χ3n) is 3.20. The van der Waals surface area contributed by atoms with Gasteiger partial charge >= 0.3 is 12.3 Å². The first-order valence-corrected chi connectivity index (χ1v) is 6.97. The molecule has 132 valence electrons. The van der Waals surface area contributed by atoms with Gasteiger partial charge in [-0.1, -0.05) is 0 Å². The van der Waals surface area contributed by atoms with Crippen molar-refractivity contribution in [1.29, 1.82) is 0 Å². The quantitative estimate of drug-likeness (QED) is 0.840. The lowest BCUT2D eigenvalue weighted by atomic mass is 10.2. The van der Waals surface area contributed by atoms with Crippen LogP contribution in [0.1, 0.15) is 10.4 Å². The molecule has 1 aromatic carbocycles. The van der Waals surface area contributed by atoms with Crippen LogP contribution in [0.3, 0.4) is 0 Å². The van der Waals surface area contributed by atoms with Gasteiger partial charge in [0.05, 0.1) is 31.0 Å². The number of ether oxygens (including phenoxy) is 2. The molecule has 0 aliphatic carbocycles. The Morgan fingerprint density at radius 3 is 2.54 bits per heavy atom. The van der Waals surface area contributed by atoms with Crippen LogP contribution in [-0.4, -0.2) is 61.1 Å². The molecule has 24 heavy (non-hydrogen) atoms. The summed E-state index contributed by atoms with van der Waals surface area (Å²) in [7, 11) is 0. The number of benzene rings is 1. The summed E-state index contributed by atoms with van der Waals surface area (Å²) < 4.78 is 46.2. The van der Waals surface area contributed by atoms with E-state index in [1.807, 2.05) is 0 Å². The van der Waals surface area contributed by atoms with Crippen LogP contribution in [0.2, 0.25) is 0 Å². The maximum absolute atomic E-state index is 12.4. The van der Waals surface area contributed by atoms with Crippen molar-refractivity contribution < 1.29 is 37.3 Å². The minimum Gasteiger partial charge on any atom is -0.478 e. The number of nitrogens with zero attached hydrogens (tertiary/aromatic N) is 1. The van der Waals surface area contributed by atoms with Crippen molar-refractivity contribution in [1.82, 2.24) is 4.90 Å². The van der Waals surface area contributed by atoms with Gasteiger partial charge in [-0.15, -0.1) is 13.2 Å². The molecule has 0 radical (unpaired) electrons. The smallest absolute Gasteiger partial charge is 0.478 e. The number of carboxylic acids is 1. The number of amides is 1. The van der Waals surface area contributed by atoms with E-state index >= 15 is 0 Å². The van der Waals surface area contributed by atoms with Crippen molar-refractivity contribution in [2.75, 3.05) is 38.2 Å². The normalized spacial score (nSPS) is 15.8. The number of aromatic carboxylic acids is 1. The van der Waals surface area contributed by atoms with Crippen LogP contribution in [0, 0.1) is 0 Å². The third kappa shape index (κ3) is 5.39. The van der Waals surface area contributed by atoms with Crippen LogP contribution in [-0.2, 0) is 9.53 Å². The molecule has 1 heterocycles. The number of hydrogen-bond donors (Lipinski definition) is 2. The average molecular weight is 348 g/mol. The molecule has 1 saturated heterocycles. The van der Waals surface area contributed by atoms with Gasteiger partial charge in [0.1, 0.15) is 0 Å². The highest BCUT2D eigenvalue weighted by molar-refractivity contribution is 5.96. The second-order valence-corrected chi connectivity index (χ2v) is 5.00. The number of carboxylic acid groups (broad SMARTS) is 1. The van der Waals surface area contributed by atoms with E-state index in [0.29, 0.717) is 26.3 Å². The number of halogens is 3. The molecule has 1 aromatic rings. The molecule has 10 heteroatoms. The molecule has 0 aromatic heterocycles. The van der Waals surface area contributed by atoms with Gasteiger partial charge in [0.2, 0.25) is 5.91 Å². The van der Waals surface area contributed by atoms with Gasteiger partial charge < -0.3 is 19.9 Å². The predicted octanol–water partition coefficient (Wildman–Crippen LogP) is 1.55. The number of alkyl halides is 3. The number of morpholine rings is 1. The Balaban J connectivity index is 2.13. The second kappa shape index (κ2) is 7.49. The van der Waals surface area contributed by atoms with Crippen LogP contribution in [0.5, 0.6) is 5.75 Å². The number of rotatable bonds is 5. The Kier molecular flexibility index (Phi) is 5.62. The first-order chi connectivity index (χ1) is 11.2. The van der Waals surface area contributed by atoms with Crippen molar-refractivity contribution in [2.24, 2.45) is 0 Å². The first kappa shape index (κ1) is 18.0. The Morgan fingerprint density at radius 2 is 1.96 bits per heavy atom. The predicted molar refractivity (Wildman–Crippen MR) is 76.0 cm³/mol. The molecule has 2 rings (SSSR count). The molecule has 0 bridgehead atoms. The molecule has 1 fully saturated rings. The highest BCUT2D eigenvalue weighted by atomic mass is 19.4. The van der Waals surface area contributed by atoms with Gasteiger partial charge in [-0.05, 0) is 18.2 Å². The molecule has 1 amide bonds. The maximum atomic E-state index is 12.4. The summed E-state index contributed by atoms with van der Waals surface area (Å²) in [5.41, 5.74) is -0.628. The summed E-state index contributed by atoms with van der Waals surface area (Å²) >= 11 is 0. The highest BCUT2D eigenvalue weighted by Crippen LogP contribution is 2.31. The topological polar surface area (TPSA) is 88.1 Å². The molecule has 2 N–H and O–H groups in total. The lowest BCUT2D eigenvalue weighted by Crippen LogP contribution is -2.41. The van der Waals surface area contributed by atoms with Gasteiger partial charge in [-0.2, -0.15) is 0 Å². The molecule has 1 aliphatic rings. The van der Waals surface area contributed by atoms with Gasteiger partial charge in [-0.25, -0.2) is 4.79 Å². The third-order valence-corrected chi connectivity index (χ3v) is 3.20. The molecule has 1 aliphatic heterocycles. The minimum atomic E-state index is -4.96. The SMILES string of the molecule is O=C(CN1CCOCC1)Nc1cc(C(=O)O)ccc1OC(F)(F)F.